The van der Waals surface area contributed by atoms with E-state index < -0.39 is 11.9 Å². The van der Waals surface area contributed by atoms with Gasteiger partial charge in [-0.2, -0.15) is 0 Å². The number of carboxylic acids is 2. The molecule has 0 aliphatic heterocycles. The van der Waals surface area contributed by atoms with E-state index in [0.29, 0.717) is 24.3 Å². The van der Waals surface area contributed by atoms with E-state index in [4.69, 9.17) is 14.9 Å². The number of anilines is 1. The van der Waals surface area contributed by atoms with E-state index in [1.54, 1.807) is 6.07 Å². The van der Waals surface area contributed by atoms with Crippen molar-refractivity contribution in [3.05, 3.63) is 23.8 Å². The molecule has 0 spiro atoms. The SMILES string of the molecule is Cc1cccc(OCCCC(=O)O)c1NC(=O)CCCCCCCCCC(=O)O. The van der Waals surface area contributed by atoms with Gasteiger partial charge >= 0.3 is 11.9 Å². The molecule has 0 atom stereocenters. The number of amides is 1. The van der Waals surface area contributed by atoms with E-state index in [9.17, 15) is 14.4 Å². The first kappa shape index (κ1) is 24.5. The van der Waals surface area contributed by atoms with E-state index in [2.05, 4.69) is 5.32 Å². The summed E-state index contributed by atoms with van der Waals surface area (Å²) >= 11 is 0. The fourth-order valence-corrected chi connectivity index (χ4v) is 2.97. The number of carboxylic acid groups (broad SMARTS) is 2. The summed E-state index contributed by atoms with van der Waals surface area (Å²) in [5.74, 6) is -1.09. The molecule has 1 rings (SSSR count). The zero-order chi connectivity index (χ0) is 21.5. The zero-order valence-corrected chi connectivity index (χ0v) is 17.2. The third kappa shape index (κ3) is 11.8. The maximum atomic E-state index is 12.3. The van der Waals surface area contributed by atoms with Crippen LogP contribution >= 0.6 is 0 Å². The smallest absolute Gasteiger partial charge is 0.303 e. The van der Waals surface area contributed by atoms with E-state index in [1.165, 1.54) is 0 Å². The maximum absolute atomic E-state index is 12.3. The van der Waals surface area contributed by atoms with Crippen molar-refractivity contribution in [1.82, 2.24) is 0 Å². The molecule has 29 heavy (non-hydrogen) atoms. The summed E-state index contributed by atoms with van der Waals surface area (Å²) in [6.07, 6.45) is 7.72. The van der Waals surface area contributed by atoms with Crippen LogP contribution in [-0.4, -0.2) is 34.7 Å². The molecule has 0 fully saturated rings. The monoisotopic (exact) mass is 407 g/mol. The summed E-state index contributed by atoms with van der Waals surface area (Å²) in [6.45, 7) is 2.18. The van der Waals surface area contributed by atoms with Crippen molar-refractivity contribution in [2.24, 2.45) is 0 Å². The molecule has 0 bridgehead atoms. The molecule has 0 aliphatic carbocycles. The summed E-state index contributed by atoms with van der Waals surface area (Å²) in [6, 6.07) is 5.51. The van der Waals surface area contributed by atoms with Gasteiger partial charge in [-0.25, -0.2) is 0 Å². The highest BCUT2D eigenvalue weighted by Crippen LogP contribution is 2.28. The first-order valence-corrected chi connectivity index (χ1v) is 10.4. The van der Waals surface area contributed by atoms with Crippen LogP contribution < -0.4 is 10.1 Å². The number of rotatable bonds is 16. The van der Waals surface area contributed by atoms with E-state index in [1.807, 2.05) is 19.1 Å². The lowest BCUT2D eigenvalue weighted by Crippen LogP contribution is -2.13. The quantitative estimate of drug-likeness (QED) is 0.340. The standard InChI is InChI=1S/C22H33NO6/c1-17-11-9-12-18(29-16-10-15-21(27)28)22(17)23-19(24)13-7-5-3-2-4-6-8-14-20(25)26/h9,11-12H,2-8,10,13-16H2,1H3,(H,23,24)(H,25,26)(H,27,28). The Morgan fingerprint density at radius 3 is 2.00 bits per heavy atom. The maximum Gasteiger partial charge on any atom is 0.303 e. The van der Waals surface area contributed by atoms with Gasteiger partial charge in [-0.15, -0.1) is 0 Å². The molecule has 3 N–H and O–H groups in total. The van der Waals surface area contributed by atoms with Gasteiger partial charge in [0.25, 0.3) is 0 Å². The summed E-state index contributed by atoms with van der Waals surface area (Å²) in [4.78, 5) is 33.3. The summed E-state index contributed by atoms with van der Waals surface area (Å²) < 4.78 is 5.66. The number of hydrogen-bond donors (Lipinski definition) is 3. The number of carbonyl (C=O) groups is 3. The van der Waals surface area contributed by atoms with Gasteiger partial charge in [0, 0.05) is 19.3 Å². The van der Waals surface area contributed by atoms with Crippen LogP contribution in [0, 0.1) is 6.92 Å². The number of nitrogens with one attached hydrogen (secondary N) is 1. The Kier molecular flexibility index (Phi) is 12.2. The Bertz CT molecular complexity index is 659. The van der Waals surface area contributed by atoms with Crippen LogP contribution in [0.2, 0.25) is 0 Å². The molecule has 7 heteroatoms. The van der Waals surface area contributed by atoms with Gasteiger partial charge in [0.05, 0.1) is 12.3 Å². The van der Waals surface area contributed by atoms with Crippen molar-refractivity contribution in [2.45, 2.75) is 77.6 Å². The molecule has 1 amide bonds. The molecule has 0 heterocycles. The zero-order valence-electron chi connectivity index (χ0n) is 17.2. The highest BCUT2D eigenvalue weighted by Gasteiger charge is 2.11. The van der Waals surface area contributed by atoms with Crippen molar-refractivity contribution in [3.8, 4) is 5.75 Å². The molecule has 0 saturated carbocycles. The lowest BCUT2D eigenvalue weighted by molar-refractivity contribution is -0.138. The minimum atomic E-state index is -0.855. The van der Waals surface area contributed by atoms with Gasteiger partial charge in [0.1, 0.15) is 5.75 Å². The minimum absolute atomic E-state index is 0.0487. The third-order valence-electron chi connectivity index (χ3n) is 4.59. The van der Waals surface area contributed by atoms with E-state index in [0.717, 1.165) is 50.5 Å². The van der Waals surface area contributed by atoms with Crippen LogP contribution in [0.1, 0.15) is 76.2 Å². The molecule has 1 aromatic rings. The summed E-state index contributed by atoms with van der Waals surface area (Å²) in [5.41, 5.74) is 1.54. The van der Waals surface area contributed by atoms with E-state index in [-0.39, 0.29) is 25.4 Å². The van der Waals surface area contributed by atoms with Crippen LogP contribution in [0.25, 0.3) is 0 Å². The number of hydrogen-bond acceptors (Lipinski definition) is 4. The second-order valence-electron chi connectivity index (χ2n) is 7.21. The number of unbranched alkanes of at least 4 members (excludes halogenated alkanes) is 6. The summed E-state index contributed by atoms with van der Waals surface area (Å²) in [5, 5.41) is 20.2. The lowest BCUT2D eigenvalue weighted by atomic mass is 10.1. The molecule has 0 aliphatic rings. The largest absolute Gasteiger partial charge is 0.491 e. The number of para-hydroxylation sites is 1. The highest BCUT2D eigenvalue weighted by atomic mass is 16.5. The van der Waals surface area contributed by atoms with Crippen LogP contribution in [0.4, 0.5) is 5.69 Å². The fraction of sp³-hybridized carbons (Fsp3) is 0.591. The predicted octanol–water partition coefficient (Wildman–Crippen LogP) is 4.77. The highest BCUT2D eigenvalue weighted by molar-refractivity contribution is 5.93. The molecule has 162 valence electrons. The van der Waals surface area contributed by atoms with Gasteiger partial charge < -0.3 is 20.3 Å². The first-order valence-electron chi connectivity index (χ1n) is 10.4. The number of benzene rings is 1. The Labute approximate surface area is 172 Å². The van der Waals surface area contributed by atoms with Gasteiger partial charge in [-0.05, 0) is 37.8 Å². The van der Waals surface area contributed by atoms with Crippen molar-refractivity contribution in [2.75, 3.05) is 11.9 Å². The van der Waals surface area contributed by atoms with Crippen LogP contribution in [0.5, 0.6) is 5.75 Å². The number of ether oxygens (including phenoxy) is 1. The van der Waals surface area contributed by atoms with Crippen LogP contribution in [0.15, 0.2) is 18.2 Å². The van der Waals surface area contributed by atoms with Gasteiger partial charge in [-0.3, -0.25) is 14.4 Å². The third-order valence-corrected chi connectivity index (χ3v) is 4.59. The second-order valence-corrected chi connectivity index (χ2v) is 7.21. The van der Waals surface area contributed by atoms with Gasteiger partial charge in [-0.1, -0.05) is 44.2 Å². The van der Waals surface area contributed by atoms with Gasteiger partial charge in [0.2, 0.25) is 5.91 Å². The first-order chi connectivity index (χ1) is 13.9. The average molecular weight is 408 g/mol. The molecule has 7 nitrogen and oxygen atoms in total. The Hall–Kier alpha value is -2.57. The Morgan fingerprint density at radius 1 is 0.828 bits per heavy atom. The van der Waals surface area contributed by atoms with Crippen molar-refractivity contribution >= 4 is 23.5 Å². The minimum Gasteiger partial charge on any atom is -0.491 e. The Morgan fingerprint density at radius 2 is 1.38 bits per heavy atom. The number of aryl methyl sites for hydroxylation is 1. The molecule has 0 unspecified atom stereocenters. The number of carbonyl (C=O) groups excluding carboxylic acids is 1. The predicted molar refractivity (Wildman–Crippen MR) is 111 cm³/mol. The van der Waals surface area contributed by atoms with Gasteiger partial charge in [0.15, 0.2) is 0 Å². The lowest BCUT2D eigenvalue weighted by Gasteiger charge is -2.14. The molecular weight excluding hydrogens is 374 g/mol. The molecule has 1 aromatic carbocycles. The fourth-order valence-electron chi connectivity index (χ4n) is 2.97. The van der Waals surface area contributed by atoms with Crippen molar-refractivity contribution in [3.63, 3.8) is 0 Å². The molecule has 0 radical (unpaired) electrons. The number of aliphatic carboxylic acids is 2. The van der Waals surface area contributed by atoms with Crippen LogP contribution in [-0.2, 0) is 14.4 Å². The van der Waals surface area contributed by atoms with E-state index >= 15 is 0 Å². The van der Waals surface area contributed by atoms with Crippen molar-refractivity contribution < 1.29 is 29.3 Å². The molecular formula is C22H33NO6. The summed E-state index contributed by atoms with van der Waals surface area (Å²) in [7, 11) is 0. The normalized spacial score (nSPS) is 10.5. The Balaban J connectivity index is 2.27. The molecule has 0 saturated heterocycles. The van der Waals surface area contributed by atoms with Crippen LogP contribution in [0.3, 0.4) is 0 Å². The molecule has 0 aromatic heterocycles. The van der Waals surface area contributed by atoms with Crippen molar-refractivity contribution in [1.29, 1.82) is 0 Å². The second kappa shape index (κ2) is 14.4. The topological polar surface area (TPSA) is 113 Å². The average Bonchev–Trinajstić information content (AvgIpc) is 2.65.